The van der Waals surface area contributed by atoms with Crippen LogP contribution in [0.15, 0.2) is 12.3 Å². The van der Waals surface area contributed by atoms with E-state index in [2.05, 4.69) is 20.6 Å². The van der Waals surface area contributed by atoms with Gasteiger partial charge in [0.05, 0.1) is 5.69 Å². The van der Waals surface area contributed by atoms with Gasteiger partial charge in [0.25, 0.3) is 5.91 Å². The molecule has 2 rings (SSSR count). The minimum Gasteiger partial charge on any atom is -0.396 e. The van der Waals surface area contributed by atoms with Crippen molar-refractivity contribution < 1.29 is 4.79 Å². The monoisotopic (exact) mass is 262 g/mol. The molecule has 0 spiro atoms. The van der Waals surface area contributed by atoms with Crippen molar-refractivity contribution in [1.29, 1.82) is 0 Å². The average Bonchev–Trinajstić information content (AvgIpc) is 2.95. The lowest BCUT2D eigenvalue weighted by molar-refractivity contribution is 0.102. The number of aromatic nitrogens is 4. The van der Waals surface area contributed by atoms with Gasteiger partial charge in [-0.05, 0) is 12.8 Å². The molecule has 0 bridgehead atoms. The van der Waals surface area contributed by atoms with Gasteiger partial charge >= 0.3 is 0 Å². The van der Waals surface area contributed by atoms with Crippen LogP contribution in [0.5, 0.6) is 0 Å². The molecule has 102 valence electrons. The Kier molecular flexibility index (Phi) is 3.55. The van der Waals surface area contributed by atoms with Crippen molar-refractivity contribution in [1.82, 2.24) is 20.0 Å². The highest BCUT2D eigenvalue weighted by atomic mass is 16.2. The van der Waals surface area contributed by atoms with Gasteiger partial charge < -0.3 is 11.1 Å². The number of nitrogen functional groups attached to an aromatic ring is 1. The molecule has 0 aliphatic rings. The minimum absolute atomic E-state index is 0.218. The highest BCUT2D eigenvalue weighted by molar-refractivity contribution is 6.05. The van der Waals surface area contributed by atoms with Crippen molar-refractivity contribution in [2.24, 2.45) is 0 Å². The molecule has 7 heteroatoms. The third kappa shape index (κ3) is 2.75. The summed E-state index contributed by atoms with van der Waals surface area (Å²) in [6.07, 6.45) is 1.64. The number of anilines is 2. The second kappa shape index (κ2) is 5.13. The van der Waals surface area contributed by atoms with Crippen LogP contribution in [0.1, 0.15) is 42.9 Å². The second-order valence-electron chi connectivity index (χ2n) is 4.61. The zero-order valence-corrected chi connectivity index (χ0v) is 11.3. The molecule has 0 aromatic carbocycles. The summed E-state index contributed by atoms with van der Waals surface area (Å²) in [5.74, 6) is 0.438. The largest absolute Gasteiger partial charge is 0.396 e. The number of carbonyl (C=O) groups is 1. The molecule has 2 aromatic heterocycles. The third-order valence-corrected chi connectivity index (χ3v) is 2.79. The molecule has 0 fully saturated rings. The lowest BCUT2D eigenvalue weighted by Gasteiger charge is -1.99. The van der Waals surface area contributed by atoms with Crippen LogP contribution in [0.4, 0.5) is 11.5 Å². The van der Waals surface area contributed by atoms with E-state index >= 15 is 0 Å². The first-order valence-electron chi connectivity index (χ1n) is 6.20. The Morgan fingerprint density at radius 2 is 2.32 bits per heavy atom. The maximum Gasteiger partial charge on any atom is 0.279 e. The fourth-order valence-corrected chi connectivity index (χ4v) is 1.65. The Hall–Kier alpha value is -2.31. The van der Waals surface area contributed by atoms with Gasteiger partial charge in [0.15, 0.2) is 11.5 Å². The van der Waals surface area contributed by atoms with Gasteiger partial charge in [-0.1, -0.05) is 13.8 Å². The van der Waals surface area contributed by atoms with Crippen molar-refractivity contribution in [3.05, 3.63) is 23.7 Å². The van der Waals surface area contributed by atoms with Gasteiger partial charge in [0.2, 0.25) is 0 Å². The van der Waals surface area contributed by atoms with Gasteiger partial charge in [-0.15, -0.1) is 0 Å². The van der Waals surface area contributed by atoms with E-state index in [1.54, 1.807) is 16.9 Å². The lowest BCUT2D eigenvalue weighted by atomic mass is 10.1. The van der Waals surface area contributed by atoms with Gasteiger partial charge in [-0.3, -0.25) is 14.6 Å². The Balaban J connectivity index is 2.13. The number of amides is 1. The first-order chi connectivity index (χ1) is 9.01. The topological polar surface area (TPSA) is 102 Å². The van der Waals surface area contributed by atoms with E-state index in [9.17, 15) is 4.79 Å². The standard InChI is InChI=1S/C12H18N6O/c1-4-18-6-8(13)11(17-18)12(19)14-10-5-9(7(2)3)15-16-10/h5-7H,4,13H2,1-3H3,(H2,14,15,16,19). The smallest absolute Gasteiger partial charge is 0.279 e. The van der Waals surface area contributed by atoms with Crippen LogP contribution in [0.3, 0.4) is 0 Å². The van der Waals surface area contributed by atoms with Gasteiger partial charge in [-0.2, -0.15) is 10.2 Å². The Labute approximate surface area is 111 Å². The minimum atomic E-state index is -0.355. The number of aromatic amines is 1. The molecule has 0 atom stereocenters. The number of aryl methyl sites for hydroxylation is 1. The normalized spacial score (nSPS) is 10.9. The molecular formula is C12H18N6O. The summed E-state index contributed by atoms with van der Waals surface area (Å²) in [5, 5.41) is 13.7. The fraction of sp³-hybridized carbons (Fsp3) is 0.417. The van der Waals surface area contributed by atoms with Crippen LogP contribution in [0, 0.1) is 0 Å². The maximum atomic E-state index is 12.0. The molecule has 0 radical (unpaired) electrons. The number of nitrogens with zero attached hydrogens (tertiary/aromatic N) is 3. The van der Waals surface area contributed by atoms with E-state index in [1.165, 1.54) is 0 Å². The summed E-state index contributed by atoms with van der Waals surface area (Å²) in [6, 6.07) is 1.80. The summed E-state index contributed by atoms with van der Waals surface area (Å²) in [4.78, 5) is 12.0. The molecule has 1 amide bonds. The lowest BCUT2D eigenvalue weighted by Crippen LogP contribution is -2.15. The SMILES string of the molecule is CCn1cc(N)c(C(=O)Nc2cc(C(C)C)[nH]n2)n1. The summed E-state index contributed by atoms with van der Waals surface area (Å²) >= 11 is 0. The Morgan fingerprint density at radius 3 is 2.84 bits per heavy atom. The molecule has 2 heterocycles. The second-order valence-corrected chi connectivity index (χ2v) is 4.61. The molecule has 2 aromatic rings. The van der Waals surface area contributed by atoms with Crippen molar-refractivity contribution in [2.45, 2.75) is 33.2 Å². The Bertz CT molecular complexity index is 583. The number of nitrogens with two attached hydrogens (primary N) is 1. The summed E-state index contributed by atoms with van der Waals surface area (Å²) in [5.41, 5.74) is 7.29. The zero-order valence-electron chi connectivity index (χ0n) is 11.3. The summed E-state index contributed by atoms with van der Waals surface area (Å²) in [6.45, 7) is 6.67. The van der Waals surface area contributed by atoms with E-state index in [-0.39, 0.29) is 11.6 Å². The molecule has 7 nitrogen and oxygen atoms in total. The third-order valence-electron chi connectivity index (χ3n) is 2.79. The first kappa shape index (κ1) is 13.1. The van der Waals surface area contributed by atoms with Crippen molar-refractivity contribution in [3.8, 4) is 0 Å². The quantitative estimate of drug-likeness (QED) is 0.778. The van der Waals surface area contributed by atoms with E-state index in [1.807, 2.05) is 20.8 Å². The molecule has 4 N–H and O–H groups in total. The number of hydrogen-bond donors (Lipinski definition) is 3. The van der Waals surface area contributed by atoms with Crippen LogP contribution in [-0.4, -0.2) is 25.9 Å². The molecule has 0 aliphatic heterocycles. The number of rotatable bonds is 4. The fourth-order valence-electron chi connectivity index (χ4n) is 1.65. The van der Waals surface area contributed by atoms with E-state index in [4.69, 9.17) is 5.73 Å². The van der Waals surface area contributed by atoms with E-state index in [0.717, 1.165) is 5.69 Å². The van der Waals surface area contributed by atoms with Crippen LogP contribution in [0.25, 0.3) is 0 Å². The van der Waals surface area contributed by atoms with Gasteiger partial charge in [0.1, 0.15) is 0 Å². The molecule has 0 aliphatic carbocycles. The molecule has 19 heavy (non-hydrogen) atoms. The number of H-pyrrole nitrogens is 1. The number of carbonyl (C=O) groups excluding carboxylic acids is 1. The van der Waals surface area contributed by atoms with Crippen molar-refractivity contribution in [2.75, 3.05) is 11.1 Å². The number of hydrogen-bond acceptors (Lipinski definition) is 4. The predicted octanol–water partition coefficient (Wildman–Crippen LogP) is 1.58. The van der Waals surface area contributed by atoms with Crippen LogP contribution in [-0.2, 0) is 6.54 Å². The molecule has 0 saturated carbocycles. The van der Waals surface area contributed by atoms with Gasteiger partial charge in [-0.25, -0.2) is 0 Å². The molecular weight excluding hydrogens is 244 g/mol. The molecule has 0 saturated heterocycles. The van der Waals surface area contributed by atoms with Crippen LogP contribution < -0.4 is 11.1 Å². The predicted molar refractivity (Wildman–Crippen MR) is 72.9 cm³/mol. The first-order valence-corrected chi connectivity index (χ1v) is 6.20. The van der Waals surface area contributed by atoms with Crippen molar-refractivity contribution in [3.63, 3.8) is 0 Å². The van der Waals surface area contributed by atoms with Crippen LogP contribution >= 0.6 is 0 Å². The van der Waals surface area contributed by atoms with Crippen molar-refractivity contribution >= 4 is 17.4 Å². The van der Waals surface area contributed by atoms with Crippen LogP contribution in [0.2, 0.25) is 0 Å². The average molecular weight is 262 g/mol. The molecule has 0 unspecified atom stereocenters. The van der Waals surface area contributed by atoms with E-state index in [0.29, 0.717) is 24.0 Å². The summed E-state index contributed by atoms with van der Waals surface area (Å²) in [7, 11) is 0. The summed E-state index contributed by atoms with van der Waals surface area (Å²) < 4.78 is 1.62. The maximum absolute atomic E-state index is 12.0. The van der Waals surface area contributed by atoms with Gasteiger partial charge in [0, 0.05) is 24.5 Å². The highest BCUT2D eigenvalue weighted by Crippen LogP contribution is 2.16. The number of nitrogens with one attached hydrogen (secondary N) is 2. The highest BCUT2D eigenvalue weighted by Gasteiger charge is 2.16. The zero-order chi connectivity index (χ0) is 14.0. The Morgan fingerprint density at radius 1 is 1.58 bits per heavy atom. The van der Waals surface area contributed by atoms with E-state index < -0.39 is 0 Å².